The number of esters is 1. The second-order valence-electron chi connectivity index (χ2n) is 3.60. The summed E-state index contributed by atoms with van der Waals surface area (Å²) >= 11 is 0. The van der Waals surface area contributed by atoms with Gasteiger partial charge in [0.05, 0.1) is 7.11 Å². The van der Waals surface area contributed by atoms with Crippen molar-refractivity contribution in [1.82, 2.24) is 5.01 Å². The van der Waals surface area contributed by atoms with E-state index in [0.29, 0.717) is 0 Å². The summed E-state index contributed by atoms with van der Waals surface area (Å²) in [6.07, 6.45) is 5.49. The predicted octanol–water partition coefficient (Wildman–Crippen LogP) is 0.832. The van der Waals surface area contributed by atoms with E-state index in [1.54, 1.807) is 5.01 Å². The Morgan fingerprint density at radius 1 is 1.71 bits per heavy atom. The molecule has 4 nitrogen and oxygen atoms in total. The quantitative estimate of drug-likeness (QED) is 0.414. The van der Waals surface area contributed by atoms with Crippen molar-refractivity contribution < 1.29 is 9.53 Å². The SMILES string of the molecule is C=CCC1CCCC(C(=O)OC)N1N. The molecule has 0 saturated carbocycles. The van der Waals surface area contributed by atoms with Crippen LogP contribution in [0.5, 0.6) is 0 Å². The van der Waals surface area contributed by atoms with E-state index >= 15 is 0 Å². The zero-order valence-corrected chi connectivity index (χ0v) is 8.61. The van der Waals surface area contributed by atoms with Gasteiger partial charge in [-0.25, -0.2) is 5.01 Å². The largest absolute Gasteiger partial charge is 0.468 e. The van der Waals surface area contributed by atoms with Gasteiger partial charge < -0.3 is 4.74 Å². The van der Waals surface area contributed by atoms with Crippen LogP contribution in [0.2, 0.25) is 0 Å². The zero-order valence-electron chi connectivity index (χ0n) is 8.61. The van der Waals surface area contributed by atoms with Gasteiger partial charge in [0, 0.05) is 6.04 Å². The molecule has 1 aliphatic heterocycles. The highest BCUT2D eigenvalue weighted by atomic mass is 16.5. The minimum absolute atomic E-state index is 0.227. The monoisotopic (exact) mass is 198 g/mol. The molecular weight excluding hydrogens is 180 g/mol. The third kappa shape index (κ3) is 2.33. The van der Waals surface area contributed by atoms with Gasteiger partial charge >= 0.3 is 5.97 Å². The highest BCUT2D eigenvalue weighted by Gasteiger charge is 2.32. The lowest BCUT2D eigenvalue weighted by atomic mass is 9.95. The first-order valence-corrected chi connectivity index (χ1v) is 4.92. The van der Waals surface area contributed by atoms with E-state index in [4.69, 9.17) is 10.6 Å². The molecule has 0 aromatic heterocycles. The van der Waals surface area contributed by atoms with E-state index in [-0.39, 0.29) is 18.1 Å². The van der Waals surface area contributed by atoms with Crippen molar-refractivity contribution in [3.63, 3.8) is 0 Å². The molecule has 2 unspecified atom stereocenters. The fourth-order valence-corrected chi connectivity index (χ4v) is 1.91. The van der Waals surface area contributed by atoms with Crippen molar-refractivity contribution in [2.24, 2.45) is 5.84 Å². The van der Waals surface area contributed by atoms with Crippen LogP contribution in [-0.2, 0) is 9.53 Å². The molecular formula is C10H18N2O2. The van der Waals surface area contributed by atoms with E-state index in [9.17, 15) is 4.79 Å². The Morgan fingerprint density at radius 2 is 2.43 bits per heavy atom. The first-order valence-electron chi connectivity index (χ1n) is 4.92. The van der Waals surface area contributed by atoms with E-state index in [0.717, 1.165) is 25.7 Å². The van der Waals surface area contributed by atoms with Crippen molar-refractivity contribution in [3.8, 4) is 0 Å². The molecule has 1 rings (SSSR count). The molecule has 1 fully saturated rings. The van der Waals surface area contributed by atoms with Crippen LogP contribution >= 0.6 is 0 Å². The third-order valence-corrected chi connectivity index (χ3v) is 2.71. The van der Waals surface area contributed by atoms with Gasteiger partial charge in [0.1, 0.15) is 6.04 Å². The number of hydrogen-bond acceptors (Lipinski definition) is 4. The fraction of sp³-hybridized carbons (Fsp3) is 0.700. The number of hydrazine groups is 1. The first kappa shape index (κ1) is 11.2. The normalized spacial score (nSPS) is 28.4. The molecule has 2 atom stereocenters. The summed E-state index contributed by atoms with van der Waals surface area (Å²) in [4.78, 5) is 11.4. The summed E-state index contributed by atoms with van der Waals surface area (Å²) in [5.74, 6) is 5.64. The molecule has 4 heteroatoms. The van der Waals surface area contributed by atoms with Gasteiger partial charge in [-0.2, -0.15) is 0 Å². The summed E-state index contributed by atoms with van der Waals surface area (Å²) < 4.78 is 4.70. The van der Waals surface area contributed by atoms with Crippen LogP contribution in [0.3, 0.4) is 0 Å². The lowest BCUT2D eigenvalue weighted by Gasteiger charge is -2.36. The van der Waals surface area contributed by atoms with Gasteiger partial charge in [0.15, 0.2) is 0 Å². The van der Waals surface area contributed by atoms with Crippen LogP contribution in [0, 0.1) is 0 Å². The second kappa shape index (κ2) is 5.12. The van der Waals surface area contributed by atoms with Crippen molar-refractivity contribution in [2.45, 2.75) is 37.8 Å². The maximum absolute atomic E-state index is 11.4. The molecule has 0 aliphatic carbocycles. The molecule has 0 radical (unpaired) electrons. The van der Waals surface area contributed by atoms with Gasteiger partial charge in [-0.3, -0.25) is 10.6 Å². The molecule has 0 bridgehead atoms. The second-order valence-corrected chi connectivity index (χ2v) is 3.60. The Balaban J connectivity index is 2.60. The molecule has 0 aromatic carbocycles. The van der Waals surface area contributed by atoms with Gasteiger partial charge in [0.25, 0.3) is 0 Å². The maximum Gasteiger partial charge on any atom is 0.324 e. The summed E-state index contributed by atoms with van der Waals surface area (Å²) in [5, 5.41) is 1.62. The zero-order chi connectivity index (χ0) is 10.6. The molecule has 1 heterocycles. The van der Waals surface area contributed by atoms with E-state index in [1.807, 2.05) is 6.08 Å². The van der Waals surface area contributed by atoms with Crippen LogP contribution in [0.4, 0.5) is 0 Å². The number of methoxy groups -OCH3 is 1. The summed E-state index contributed by atoms with van der Waals surface area (Å²) in [7, 11) is 1.40. The molecule has 0 spiro atoms. The number of carbonyl (C=O) groups excluding carboxylic acids is 1. The van der Waals surface area contributed by atoms with Crippen molar-refractivity contribution in [3.05, 3.63) is 12.7 Å². The van der Waals surface area contributed by atoms with E-state index < -0.39 is 0 Å². The number of hydrogen-bond donors (Lipinski definition) is 1. The Bertz CT molecular complexity index is 218. The average molecular weight is 198 g/mol. The summed E-state index contributed by atoms with van der Waals surface area (Å²) in [5.41, 5.74) is 0. The number of rotatable bonds is 3. The number of nitrogens with zero attached hydrogens (tertiary/aromatic N) is 1. The molecule has 1 aliphatic rings. The lowest BCUT2D eigenvalue weighted by molar-refractivity contribution is -0.150. The number of nitrogens with two attached hydrogens (primary N) is 1. The minimum atomic E-state index is -0.279. The van der Waals surface area contributed by atoms with Crippen LogP contribution < -0.4 is 5.84 Å². The predicted molar refractivity (Wildman–Crippen MR) is 54.3 cm³/mol. The topological polar surface area (TPSA) is 55.6 Å². The third-order valence-electron chi connectivity index (χ3n) is 2.71. The molecule has 0 aromatic rings. The van der Waals surface area contributed by atoms with Crippen molar-refractivity contribution in [2.75, 3.05) is 7.11 Å². The summed E-state index contributed by atoms with van der Waals surface area (Å²) in [6, 6.07) is -0.0518. The van der Waals surface area contributed by atoms with E-state index in [1.165, 1.54) is 7.11 Å². The Morgan fingerprint density at radius 3 is 3.00 bits per heavy atom. The van der Waals surface area contributed by atoms with Gasteiger partial charge in [-0.1, -0.05) is 6.08 Å². The van der Waals surface area contributed by atoms with Crippen LogP contribution in [-0.4, -0.2) is 30.2 Å². The average Bonchev–Trinajstić information content (AvgIpc) is 2.20. The van der Waals surface area contributed by atoms with Gasteiger partial charge in [0.2, 0.25) is 0 Å². The minimum Gasteiger partial charge on any atom is -0.468 e. The number of piperidine rings is 1. The first-order chi connectivity index (χ1) is 6.70. The van der Waals surface area contributed by atoms with Gasteiger partial charge in [-0.05, 0) is 25.7 Å². The highest BCUT2D eigenvalue weighted by molar-refractivity contribution is 5.75. The Labute approximate surface area is 84.7 Å². The number of carbonyl (C=O) groups is 1. The lowest BCUT2D eigenvalue weighted by Crippen LogP contribution is -2.54. The smallest absolute Gasteiger partial charge is 0.324 e. The van der Waals surface area contributed by atoms with Crippen molar-refractivity contribution >= 4 is 5.97 Å². The standard InChI is InChI=1S/C10H18N2O2/c1-3-5-8-6-4-7-9(12(8)11)10(13)14-2/h3,8-9H,1,4-7,11H2,2H3. The van der Waals surface area contributed by atoms with Crippen molar-refractivity contribution in [1.29, 1.82) is 0 Å². The molecule has 80 valence electrons. The maximum atomic E-state index is 11.4. The van der Waals surface area contributed by atoms with Crippen LogP contribution in [0.15, 0.2) is 12.7 Å². The van der Waals surface area contributed by atoms with Crippen LogP contribution in [0.1, 0.15) is 25.7 Å². The molecule has 14 heavy (non-hydrogen) atoms. The highest BCUT2D eigenvalue weighted by Crippen LogP contribution is 2.22. The molecule has 0 amide bonds. The summed E-state index contributed by atoms with van der Waals surface area (Å²) in [6.45, 7) is 3.68. The van der Waals surface area contributed by atoms with Gasteiger partial charge in [-0.15, -0.1) is 6.58 Å². The molecule has 1 saturated heterocycles. The Kier molecular flexibility index (Phi) is 4.10. The number of ether oxygens (including phenoxy) is 1. The fourth-order valence-electron chi connectivity index (χ4n) is 1.91. The molecule has 2 N–H and O–H groups in total. The Hall–Kier alpha value is -0.870. The van der Waals surface area contributed by atoms with Crippen LogP contribution in [0.25, 0.3) is 0 Å². The van der Waals surface area contributed by atoms with E-state index in [2.05, 4.69) is 6.58 Å².